The number of esters is 1. The zero-order chi connectivity index (χ0) is 23.4. The van der Waals surface area contributed by atoms with Gasteiger partial charge >= 0.3 is 11.9 Å². The molecular formula is C26H48O4. The second-order valence-corrected chi connectivity index (χ2v) is 8.73. The summed E-state index contributed by atoms with van der Waals surface area (Å²) in [5.41, 5.74) is 0.954. The van der Waals surface area contributed by atoms with Crippen molar-refractivity contribution in [2.24, 2.45) is 11.8 Å². The molecule has 176 valence electrons. The van der Waals surface area contributed by atoms with Crippen LogP contribution in [0.25, 0.3) is 0 Å². The first-order chi connectivity index (χ1) is 14.1. The third kappa shape index (κ3) is 21.1. The smallest absolute Gasteiger partial charge is 0.333 e. The lowest BCUT2D eigenvalue weighted by molar-refractivity contribution is -0.140. The van der Waals surface area contributed by atoms with Gasteiger partial charge in [-0.25, -0.2) is 9.59 Å². The zero-order valence-corrected chi connectivity index (χ0v) is 20.6. The van der Waals surface area contributed by atoms with Crippen LogP contribution in [0.5, 0.6) is 0 Å². The van der Waals surface area contributed by atoms with E-state index in [1.54, 1.807) is 0 Å². The van der Waals surface area contributed by atoms with Crippen LogP contribution in [0.15, 0.2) is 23.8 Å². The number of hydrogen-bond donors (Lipinski definition) is 1. The normalized spacial score (nSPS) is 12.2. The summed E-state index contributed by atoms with van der Waals surface area (Å²) in [4.78, 5) is 21.6. The molecule has 1 atom stereocenters. The van der Waals surface area contributed by atoms with Gasteiger partial charge in [-0.2, -0.15) is 0 Å². The number of hydrogen-bond acceptors (Lipinski definition) is 3. The zero-order valence-electron chi connectivity index (χ0n) is 20.6. The molecule has 0 aromatic heterocycles. The largest absolute Gasteiger partial charge is 0.478 e. The molecule has 4 heteroatoms. The molecule has 0 fully saturated rings. The van der Waals surface area contributed by atoms with Gasteiger partial charge in [0, 0.05) is 11.1 Å². The van der Waals surface area contributed by atoms with Crippen LogP contribution in [-0.4, -0.2) is 23.7 Å². The summed E-state index contributed by atoms with van der Waals surface area (Å²) in [5.74, 6) is 0.292. The lowest BCUT2D eigenvalue weighted by atomic mass is 10.0. The first-order valence-electron chi connectivity index (χ1n) is 11.9. The molecule has 0 saturated carbocycles. The van der Waals surface area contributed by atoms with Crippen LogP contribution in [0.1, 0.15) is 112 Å². The summed E-state index contributed by atoms with van der Waals surface area (Å²) in [5, 5.41) is 7.89. The molecule has 0 rings (SSSR count). The maximum Gasteiger partial charge on any atom is 0.333 e. The van der Waals surface area contributed by atoms with Crippen molar-refractivity contribution in [2.75, 3.05) is 6.61 Å². The van der Waals surface area contributed by atoms with E-state index in [4.69, 9.17) is 9.84 Å². The van der Waals surface area contributed by atoms with E-state index in [2.05, 4.69) is 40.3 Å². The Morgan fingerprint density at radius 2 is 1.53 bits per heavy atom. The predicted octanol–water partition coefficient (Wildman–Crippen LogP) is 7.73. The number of unbranched alkanes of at least 4 members (excludes halogenated alkanes) is 6. The van der Waals surface area contributed by atoms with Crippen LogP contribution in [0.4, 0.5) is 0 Å². The third-order valence-electron chi connectivity index (χ3n) is 5.12. The highest BCUT2D eigenvalue weighted by molar-refractivity contribution is 5.87. The van der Waals surface area contributed by atoms with Gasteiger partial charge in [-0.3, -0.25) is 0 Å². The first-order valence-corrected chi connectivity index (χ1v) is 11.9. The quantitative estimate of drug-likeness (QED) is 0.156. The fraction of sp³-hybridized carbons (Fsp3) is 0.769. The maximum atomic E-state index is 12.0. The summed E-state index contributed by atoms with van der Waals surface area (Å²) in [6, 6.07) is 0. The number of carboxylic acids is 1. The lowest BCUT2D eigenvalue weighted by Gasteiger charge is -2.14. The molecule has 0 aliphatic carbocycles. The van der Waals surface area contributed by atoms with E-state index in [0.29, 0.717) is 12.5 Å². The molecule has 0 bridgehead atoms. The third-order valence-corrected chi connectivity index (χ3v) is 5.12. The summed E-state index contributed by atoms with van der Waals surface area (Å²) in [6.07, 6.45) is 15.6. The number of ether oxygens (including phenoxy) is 1. The number of rotatable bonds is 16. The van der Waals surface area contributed by atoms with E-state index in [-0.39, 0.29) is 11.5 Å². The second-order valence-electron chi connectivity index (χ2n) is 8.73. The van der Waals surface area contributed by atoms with Crippen molar-refractivity contribution in [1.29, 1.82) is 0 Å². The van der Waals surface area contributed by atoms with Gasteiger partial charge in [0.25, 0.3) is 0 Å². The van der Waals surface area contributed by atoms with Crippen molar-refractivity contribution >= 4 is 11.9 Å². The van der Waals surface area contributed by atoms with Crippen LogP contribution >= 0.6 is 0 Å². The van der Waals surface area contributed by atoms with Crippen molar-refractivity contribution in [3.63, 3.8) is 0 Å². The van der Waals surface area contributed by atoms with E-state index in [9.17, 15) is 9.59 Å². The first kappa shape index (κ1) is 30.6. The van der Waals surface area contributed by atoms with Gasteiger partial charge < -0.3 is 9.84 Å². The Hall–Kier alpha value is -1.58. The summed E-state index contributed by atoms with van der Waals surface area (Å²) >= 11 is 0. The highest BCUT2D eigenvalue weighted by atomic mass is 16.5. The van der Waals surface area contributed by atoms with Crippen LogP contribution < -0.4 is 0 Å². The van der Waals surface area contributed by atoms with Crippen LogP contribution in [-0.2, 0) is 14.3 Å². The van der Waals surface area contributed by atoms with E-state index in [1.165, 1.54) is 64.7 Å². The maximum absolute atomic E-state index is 12.0. The standard InChI is InChI=1S/C22H42O2.C4H6O2/c1-6-8-17-21(7-2)18-24-22(23)20(5)16-14-12-10-9-11-13-15-19(3)4;1-3(2)4(5)6/h16,19,21H,6-15,17-18H2,1-5H3;1H2,2H3,(H,5,6). The Morgan fingerprint density at radius 3 is 2.03 bits per heavy atom. The van der Waals surface area contributed by atoms with Crippen molar-refractivity contribution in [3.8, 4) is 0 Å². The Morgan fingerprint density at radius 1 is 0.967 bits per heavy atom. The number of aliphatic carboxylic acids is 1. The summed E-state index contributed by atoms with van der Waals surface area (Å²) in [6.45, 7) is 16.0. The molecule has 0 aliphatic heterocycles. The number of allylic oxidation sites excluding steroid dienone is 1. The van der Waals surface area contributed by atoms with Crippen LogP contribution in [0.3, 0.4) is 0 Å². The molecule has 0 radical (unpaired) electrons. The fourth-order valence-electron chi connectivity index (χ4n) is 2.83. The van der Waals surface area contributed by atoms with Crippen molar-refractivity contribution in [1.82, 2.24) is 0 Å². The average Bonchev–Trinajstić information content (AvgIpc) is 2.69. The molecule has 0 spiro atoms. The molecule has 0 aromatic carbocycles. The van der Waals surface area contributed by atoms with Gasteiger partial charge in [0.2, 0.25) is 0 Å². The number of carbonyl (C=O) groups excluding carboxylic acids is 1. The Bertz CT molecular complexity index is 479. The number of carbonyl (C=O) groups is 2. The van der Waals surface area contributed by atoms with Gasteiger partial charge in [0.1, 0.15) is 0 Å². The Labute approximate surface area is 186 Å². The minimum absolute atomic E-state index is 0.123. The lowest BCUT2D eigenvalue weighted by Crippen LogP contribution is -2.14. The molecule has 4 nitrogen and oxygen atoms in total. The summed E-state index contributed by atoms with van der Waals surface area (Å²) in [7, 11) is 0. The van der Waals surface area contributed by atoms with Gasteiger partial charge in [0.15, 0.2) is 0 Å². The molecule has 0 aliphatic rings. The Kier molecular flexibility index (Phi) is 21.1. The minimum atomic E-state index is -0.935. The molecule has 30 heavy (non-hydrogen) atoms. The van der Waals surface area contributed by atoms with Crippen molar-refractivity contribution < 1.29 is 19.4 Å². The highest BCUT2D eigenvalue weighted by Gasteiger charge is 2.11. The van der Waals surface area contributed by atoms with Gasteiger partial charge in [-0.05, 0) is 44.9 Å². The second kappa shape index (κ2) is 20.7. The molecule has 0 saturated heterocycles. The fourth-order valence-corrected chi connectivity index (χ4v) is 2.83. The SMILES string of the molecule is C=C(C)C(=O)O.CCCCC(CC)COC(=O)C(C)=CCCCCCCCC(C)C. The minimum Gasteiger partial charge on any atom is -0.478 e. The molecule has 1 unspecified atom stereocenters. The van der Waals surface area contributed by atoms with Gasteiger partial charge in [-0.15, -0.1) is 0 Å². The summed E-state index contributed by atoms with van der Waals surface area (Å²) < 4.78 is 5.48. The van der Waals surface area contributed by atoms with Gasteiger partial charge in [-0.1, -0.05) is 91.7 Å². The van der Waals surface area contributed by atoms with E-state index >= 15 is 0 Å². The molecule has 0 amide bonds. The van der Waals surface area contributed by atoms with Crippen molar-refractivity contribution in [2.45, 2.75) is 112 Å². The highest BCUT2D eigenvalue weighted by Crippen LogP contribution is 2.15. The van der Waals surface area contributed by atoms with Gasteiger partial charge in [0.05, 0.1) is 6.61 Å². The monoisotopic (exact) mass is 424 g/mol. The van der Waals surface area contributed by atoms with Crippen LogP contribution in [0.2, 0.25) is 0 Å². The van der Waals surface area contributed by atoms with E-state index < -0.39 is 5.97 Å². The molecule has 0 heterocycles. The average molecular weight is 425 g/mol. The molecular weight excluding hydrogens is 376 g/mol. The van der Waals surface area contributed by atoms with E-state index in [1.807, 2.05) is 6.92 Å². The Balaban J connectivity index is 0. The van der Waals surface area contributed by atoms with E-state index in [0.717, 1.165) is 24.3 Å². The topological polar surface area (TPSA) is 63.6 Å². The molecule has 0 aromatic rings. The predicted molar refractivity (Wildman–Crippen MR) is 128 cm³/mol. The van der Waals surface area contributed by atoms with Crippen LogP contribution in [0, 0.1) is 11.8 Å². The number of carboxylic acid groups (broad SMARTS) is 1. The van der Waals surface area contributed by atoms with Crippen molar-refractivity contribution in [3.05, 3.63) is 23.8 Å². The molecule has 1 N–H and O–H groups in total.